The van der Waals surface area contributed by atoms with Gasteiger partial charge in [0.05, 0.1) is 34.8 Å². The molecule has 1 aromatic carbocycles. The van der Waals surface area contributed by atoms with Crippen LogP contribution in [0.3, 0.4) is 0 Å². The number of nitrogens with one attached hydrogen (secondary N) is 1. The number of ether oxygens (including phenoxy) is 1. The smallest absolute Gasteiger partial charge is 0.252 e. The quantitative estimate of drug-likeness (QED) is 0.536. The van der Waals surface area contributed by atoms with Crippen LogP contribution in [0.25, 0.3) is 21.6 Å². The number of rotatable bonds is 6. The molecule has 0 radical (unpaired) electrons. The third kappa shape index (κ3) is 3.48. The first kappa shape index (κ1) is 18.2. The lowest BCUT2D eigenvalue weighted by molar-refractivity contribution is 0.0952. The fraction of sp³-hybridized carbons (Fsp3) is 0.190. The zero-order valence-electron chi connectivity index (χ0n) is 15.7. The molecule has 0 saturated heterocycles. The zero-order chi connectivity index (χ0) is 19.5. The molecule has 6 nitrogen and oxygen atoms in total. The van der Waals surface area contributed by atoms with Crippen LogP contribution in [0.2, 0.25) is 0 Å². The number of pyridine rings is 1. The van der Waals surface area contributed by atoms with Crippen LogP contribution in [0, 0.1) is 0 Å². The van der Waals surface area contributed by atoms with Crippen molar-refractivity contribution in [2.75, 3.05) is 7.11 Å². The Morgan fingerprint density at radius 3 is 2.75 bits per heavy atom. The highest BCUT2D eigenvalue weighted by atomic mass is 32.1. The fourth-order valence-electron chi connectivity index (χ4n) is 3.04. The predicted molar refractivity (Wildman–Crippen MR) is 111 cm³/mol. The van der Waals surface area contributed by atoms with E-state index in [-0.39, 0.29) is 5.91 Å². The van der Waals surface area contributed by atoms with Gasteiger partial charge in [0.25, 0.3) is 5.91 Å². The molecule has 3 heterocycles. The van der Waals surface area contributed by atoms with Crippen molar-refractivity contribution in [3.63, 3.8) is 0 Å². The van der Waals surface area contributed by atoms with Gasteiger partial charge in [-0.3, -0.25) is 4.79 Å². The van der Waals surface area contributed by atoms with Crippen molar-refractivity contribution in [3.05, 3.63) is 65.2 Å². The lowest BCUT2D eigenvalue weighted by Gasteiger charge is -2.09. The minimum absolute atomic E-state index is 0.142. The second kappa shape index (κ2) is 7.82. The second-order valence-electron chi connectivity index (χ2n) is 6.26. The number of amides is 1. The van der Waals surface area contributed by atoms with Crippen LogP contribution in [-0.2, 0) is 13.1 Å². The molecular formula is C21H20N4O2S. The number of thiophene rings is 1. The first-order valence-corrected chi connectivity index (χ1v) is 9.89. The molecule has 0 aliphatic heterocycles. The summed E-state index contributed by atoms with van der Waals surface area (Å²) < 4.78 is 6.98. The maximum Gasteiger partial charge on any atom is 0.252 e. The van der Waals surface area contributed by atoms with Crippen molar-refractivity contribution in [3.8, 4) is 16.3 Å². The van der Waals surface area contributed by atoms with Gasteiger partial charge in [-0.1, -0.05) is 18.2 Å². The summed E-state index contributed by atoms with van der Waals surface area (Å²) in [7, 11) is 1.63. The molecule has 0 aliphatic carbocycles. The highest BCUT2D eigenvalue weighted by molar-refractivity contribution is 7.13. The number of aryl methyl sites for hydroxylation is 1. The number of benzene rings is 1. The van der Waals surface area contributed by atoms with Gasteiger partial charge >= 0.3 is 0 Å². The summed E-state index contributed by atoms with van der Waals surface area (Å²) in [6, 6.07) is 13.5. The van der Waals surface area contributed by atoms with Crippen molar-refractivity contribution in [1.82, 2.24) is 20.1 Å². The minimum atomic E-state index is -0.142. The minimum Gasteiger partial charge on any atom is -0.497 e. The lowest BCUT2D eigenvalue weighted by atomic mass is 10.1. The van der Waals surface area contributed by atoms with Gasteiger partial charge in [0.15, 0.2) is 5.65 Å². The largest absolute Gasteiger partial charge is 0.497 e. The number of aromatic nitrogens is 3. The highest BCUT2D eigenvalue weighted by Crippen LogP contribution is 2.28. The van der Waals surface area contributed by atoms with Gasteiger partial charge in [0.1, 0.15) is 5.75 Å². The molecule has 3 aromatic heterocycles. The summed E-state index contributed by atoms with van der Waals surface area (Å²) >= 11 is 1.60. The number of nitrogens with zero attached hydrogens (tertiary/aromatic N) is 3. The van der Waals surface area contributed by atoms with Gasteiger partial charge in [-0.25, -0.2) is 9.67 Å². The molecule has 1 amide bonds. The Hall–Kier alpha value is -3.19. The topological polar surface area (TPSA) is 69.0 Å². The SMILES string of the molecule is CCn1ncc2c(C(=O)NCc3ccc(OC)cc3)cc(-c3cccs3)nc21. The molecule has 0 bridgehead atoms. The van der Waals surface area contributed by atoms with Crippen LogP contribution < -0.4 is 10.1 Å². The van der Waals surface area contributed by atoms with Crippen molar-refractivity contribution in [2.45, 2.75) is 20.0 Å². The Bertz CT molecular complexity index is 1100. The summed E-state index contributed by atoms with van der Waals surface area (Å²) in [5, 5.41) is 10.1. The van der Waals surface area contributed by atoms with E-state index < -0.39 is 0 Å². The van der Waals surface area contributed by atoms with Crippen molar-refractivity contribution < 1.29 is 9.53 Å². The van der Waals surface area contributed by atoms with Gasteiger partial charge < -0.3 is 10.1 Å². The lowest BCUT2D eigenvalue weighted by Crippen LogP contribution is -2.23. The van der Waals surface area contributed by atoms with Crippen LogP contribution in [0.15, 0.2) is 54.0 Å². The predicted octanol–water partition coefficient (Wildman–Crippen LogP) is 4.12. The molecule has 0 fully saturated rings. The summed E-state index contributed by atoms with van der Waals surface area (Å²) in [5.74, 6) is 0.648. The molecule has 4 rings (SSSR count). The molecule has 0 aliphatic rings. The monoisotopic (exact) mass is 392 g/mol. The molecule has 0 saturated carbocycles. The Balaban J connectivity index is 1.66. The second-order valence-corrected chi connectivity index (χ2v) is 7.21. The van der Waals surface area contributed by atoms with Crippen LogP contribution >= 0.6 is 11.3 Å². The molecule has 1 N–H and O–H groups in total. The number of carbonyl (C=O) groups excluding carboxylic acids is 1. The molecule has 0 atom stereocenters. The third-order valence-corrected chi connectivity index (χ3v) is 5.43. The number of hydrogen-bond acceptors (Lipinski definition) is 5. The van der Waals surface area contributed by atoms with Crippen LogP contribution in [-0.4, -0.2) is 27.8 Å². The zero-order valence-corrected chi connectivity index (χ0v) is 16.5. The normalized spacial score (nSPS) is 10.9. The molecule has 28 heavy (non-hydrogen) atoms. The first-order chi connectivity index (χ1) is 13.7. The highest BCUT2D eigenvalue weighted by Gasteiger charge is 2.17. The van der Waals surface area contributed by atoms with Gasteiger partial charge in [-0.2, -0.15) is 5.10 Å². The van der Waals surface area contributed by atoms with Crippen molar-refractivity contribution in [1.29, 1.82) is 0 Å². The van der Waals surface area contributed by atoms with Crippen molar-refractivity contribution >= 4 is 28.3 Å². The van der Waals surface area contributed by atoms with Gasteiger partial charge in [0.2, 0.25) is 0 Å². The van der Waals surface area contributed by atoms with E-state index in [2.05, 4.69) is 10.4 Å². The Labute approximate surface area is 166 Å². The number of carbonyl (C=O) groups is 1. The molecule has 7 heteroatoms. The van der Waals surface area contributed by atoms with E-state index in [1.807, 2.05) is 59.5 Å². The van der Waals surface area contributed by atoms with Crippen LogP contribution in [0.5, 0.6) is 5.75 Å². The molecule has 142 valence electrons. The standard InChI is InChI=1S/C21H20N4O2S/c1-3-25-20-17(13-23-25)16(11-18(24-20)19-5-4-10-28-19)21(26)22-12-14-6-8-15(27-2)9-7-14/h4-11,13H,3,12H2,1-2H3,(H,22,26). The number of methoxy groups -OCH3 is 1. The third-order valence-electron chi connectivity index (χ3n) is 4.54. The molecule has 0 unspecified atom stereocenters. The maximum atomic E-state index is 13.0. The van der Waals surface area contributed by atoms with E-state index in [0.717, 1.165) is 32.9 Å². The van der Waals surface area contributed by atoms with E-state index in [4.69, 9.17) is 9.72 Å². The first-order valence-electron chi connectivity index (χ1n) is 9.01. The summed E-state index contributed by atoms with van der Waals surface area (Å²) in [4.78, 5) is 18.7. The van der Waals surface area contributed by atoms with E-state index in [1.165, 1.54) is 0 Å². The maximum absolute atomic E-state index is 13.0. The number of hydrogen-bond donors (Lipinski definition) is 1. The van der Waals surface area contributed by atoms with E-state index in [1.54, 1.807) is 24.6 Å². The van der Waals surface area contributed by atoms with E-state index >= 15 is 0 Å². The van der Waals surface area contributed by atoms with Crippen LogP contribution in [0.4, 0.5) is 0 Å². The fourth-order valence-corrected chi connectivity index (χ4v) is 3.72. The summed E-state index contributed by atoms with van der Waals surface area (Å²) in [6.45, 7) is 3.13. The van der Waals surface area contributed by atoms with Gasteiger partial charge in [-0.15, -0.1) is 11.3 Å². The number of fused-ring (bicyclic) bond motifs is 1. The van der Waals surface area contributed by atoms with E-state index in [0.29, 0.717) is 18.7 Å². The van der Waals surface area contributed by atoms with E-state index in [9.17, 15) is 4.79 Å². The Morgan fingerprint density at radius 1 is 1.25 bits per heavy atom. The summed E-state index contributed by atoms with van der Waals surface area (Å²) in [5.41, 5.74) is 3.10. The van der Waals surface area contributed by atoms with Gasteiger partial charge in [-0.05, 0) is 42.1 Å². The molecular weight excluding hydrogens is 372 g/mol. The summed E-state index contributed by atoms with van der Waals surface area (Å²) in [6.07, 6.45) is 1.71. The van der Waals surface area contributed by atoms with Crippen molar-refractivity contribution in [2.24, 2.45) is 0 Å². The molecule has 0 spiro atoms. The Morgan fingerprint density at radius 2 is 2.07 bits per heavy atom. The van der Waals surface area contributed by atoms with Gasteiger partial charge in [0, 0.05) is 13.1 Å². The average Bonchev–Trinajstić information content (AvgIpc) is 3.41. The average molecular weight is 392 g/mol. The van der Waals surface area contributed by atoms with Crippen LogP contribution in [0.1, 0.15) is 22.8 Å². The molecule has 4 aromatic rings. The Kier molecular flexibility index (Phi) is 5.08.